The fraction of sp³-hybridized carbons (Fsp3) is 0.345. The molecular weight excluding hydrogens is 841 g/mol. The van der Waals surface area contributed by atoms with Crippen molar-refractivity contribution in [2.75, 3.05) is 26.2 Å². The van der Waals surface area contributed by atoms with E-state index in [-0.39, 0.29) is 48.1 Å². The number of benzene rings is 6. The summed E-state index contributed by atoms with van der Waals surface area (Å²) in [5.74, 6) is 3.21. The van der Waals surface area contributed by atoms with E-state index in [0.717, 1.165) is 119 Å². The van der Waals surface area contributed by atoms with Gasteiger partial charge in [0.1, 0.15) is 23.7 Å². The predicted octanol–water partition coefficient (Wildman–Crippen LogP) is 11.4. The summed E-state index contributed by atoms with van der Waals surface area (Å²) < 4.78 is 0. The van der Waals surface area contributed by atoms with E-state index < -0.39 is 0 Å². The van der Waals surface area contributed by atoms with Crippen LogP contribution in [0.1, 0.15) is 100 Å². The van der Waals surface area contributed by atoms with Gasteiger partial charge in [0, 0.05) is 12.1 Å². The normalized spacial score (nSPS) is 22.6. The first kappa shape index (κ1) is 42.7. The number of piperidine rings is 2. The van der Waals surface area contributed by atoms with E-state index in [9.17, 15) is 9.59 Å². The standard InChI is InChI=1S/C58H60N8O2/c1-5-63(6-2)53(35-15-11-9-12-16-35)57(67)65-49-31-43(49)33-51(65)55-59-45-25-23-41(29-47(45)61-55)39-21-19-38-28-40(22-20-37(38)27-39)42-24-26-46-48(30-42)62-56(60-46)52-34-44-32-50(44)66(52)58(68)54(64(7-3)8-4)36-17-13-10-14-18-36/h9-30,43-44,49-54H,5-8,31-34H2,1-4H3,(H,59,61)(H,60,62)/t43-,44-,49-,50-,51+,52+,53?,54?/m1/s1. The number of nitrogens with zero attached hydrogens (tertiary/aromatic N) is 6. The highest BCUT2D eigenvalue weighted by Gasteiger charge is 2.57. The monoisotopic (exact) mass is 900 g/mol. The second-order valence-corrected chi connectivity index (χ2v) is 19.7. The molecule has 0 bridgehead atoms. The SMILES string of the molecule is CCN(CC)C(C(=O)N1[C@@H]2C[C@@H]2C[C@H]1c1nc2cc(-c3ccc4cc(-c5ccc6nc([C@@H]7C[C@H]8C[C@H]8N7C(=O)C(c7ccccc7)N(CC)CC)[nH]c6c5)ccc4c3)ccc2[nH]1)c1ccccc1. The summed E-state index contributed by atoms with van der Waals surface area (Å²) in [4.78, 5) is 55.8. The Bertz CT molecular complexity index is 2960. The molecule has 2 unspecified atom stereocenters. The van der Waals surface area contributed by atoms with E-state index in [4.69, 9.17) is 9.97 Å². The minimum atomic E-state index is -0.309. The molecule has 12 rings (SSSR count). The Kier molecular flexibility index (Phi) is 10.8. The second kappa shape index (κ2) is 17.2. The van der Waals surface area contributed by atoms with Gasteiger partial charge in [-0.2, -0.15) is 0 Å². The molecule has 2 amide bonds. The van der Waals surface area contributed by atoms with Crippen LogP contribution in [0, 0.1) is 11.8 Å². The van der Waals surface area contributed by atoms with Crippen LogP contribution >= 0.6 is 0 Å². The number of amides is 2. The number of likely N-dealkylation sites (N-methyl/N-ethyl adjacent to an activating group) is 2. The topological polar surface area (TPSA) is 104 Å². The first-order valence-corrected chi connectivity index (χ1v) is 25.1. The van der Waals surface area contributed by atoms with Crippen molar-refractivity contribution >= 4 is 44.7 Å². The smallest absolute Gasteiger partial charge is 0.245 e. The van der Waals surface area contributed by atoms with Crippen LogP contribution in [-0.2, 0) is 9.59 Å². The third kappa shape index (κ3) is 7.40. The average Bonchev–Trinajstić information content (AvgIpc) is 4.04. The van der Waals surface area contributed by atoms with Crippen molar-refractivity contribution in [3.05, 3.63) is 156 Å². The number of fused-ring (bicyclic) bond motifs is 5. The van der Waals surface area contributed by atoms with Crippen LogP contribution in [0.2, 0.25) is 0 Å². The molecule has 2 saturated heterocycles. The van der Waals surface area contributed by atoms with Gasteiger partial charge in [-0.05, 0) is 144 Å². The molecule has 0 spiro atoms. The van der Waals surface area contributed by atoms with Gasteiger partial charge in [-0.3, -0.25) is 19.4 Å². The molecular formula is C58H60N8O2. The molecule has 68 heavy (non-hydrogen) atoms. The van der Waals surface area contributed by atoms with E-state index in [0.29, 0.717) is 11.8 Å². The van der Waals surface area contributed by atoms with Gasteiger partial charge in [0.15, 0.2) is 0 Å². The maximum absolute atomic E-state index is 14.6. The second-order valence-electron chi connectivity index (χ2n) is 19.7. The van der Waals surface area contributed by atoms with Gasteiger partial charge in [0.2, 0.25) is 11.8 Å². The van der Waals surface area contributed by atoms with Crippen LogP contribution < -0.4 is 0 Å². The van der Waals surface area contributed by atoms with Gasteiger partial charge >= 0.3 is 0 Å². The lowest BCUT2D eigenvalue weighted by molar-refractivity contribution is -0.140. The van der Waals surface area contributed by atoms with Crippen molar-refractivity contribution in [2.45, 2.75) is 89.6 Å². The lowest BCUT2D eigenvalue weighted by atomic mass is 9.97. The zero-order valence-electron chi connectivity index (χ0n) is 39.5. The summed E-state index contributed by atoms with van der Waals surface area (Å²) in [7, 11) is 0. The third-order valence-corrected chi connectivity index (χ3v) is 15.9. The Morgan fingerprint density at radius 1 is 0.515 bits per heavy atom. The molecule has 8 atom stereocenters. The predicted molar refractivity (Wildman–Crippen MR) is 271 cm³/mol. The van der Waals surface area contributed by atoms with Crippen molar-refractivity contribution in [3.8, 4) is 22.3 Å². The highest BCUT2D eigenvalue weighted by Crippen LogP contribution is 2.55. The van der Waals surface area contributed by atoms with Gasteiger partial charge in [-0.25, -0.2) is 9.97 Å². The molecule has 344 valence electrons. The quantitative estimate of drug-likeness (QED) is 0.113. The number of hydrogen-bond acceptors (Lipinski definition) is 6. The Labute approximate surface area is 398 Å². The van der Waals surface area contributed by atoms with E-state index in [1.807, 2.05) is 36.4 Å². The van der Waals surface area contributed by atoms with Crippen LogP contribution in [0.5, 0.6) is 0 Å². The van der Waals surface area contributed by atoms with Crippen molar-refractivity contribution in [3.63, 3.8) is 0 Å². The minimum absolute atomic E-state index is 0.0653. The number of rotatable bonds is 14. The number of likely N-dealkylation sites (tertiary alicyclic amines) is 2. The maximum atomic E-state index is 14.6. The summed E-state index contributed by atoms with van der Waals surface area (Å²) in [6.45, 7) is 11.8. The fourth-order valence-corrected chi connectivity index (χ4v) is 12.1. The number of carbonyl (C=O) groups excluding carboxylic acids is 2. The summed E-state index contributed by atoms with van der Waals surface area (Å²) >= 11 is 0. The first-order valence-electron chi connectivity index (χ1n) is 25.1. The zero-order chi connectivity index (χ0) is 46.2. The molecule has 4 aliphatic rings. The molecule has 2 N–H and O–H groups in total. The third-order valence-electron chi connectivity index (χ3n) is 15.9. The zero-order valence-corrected chi connectivity index (χ0v) is 39.5. The van der Waals surface area contributed by atoms with Crippen LogP contribution in [0.4, 0.5) is 0 Å². The number of aromatic nitrogens is 4. The molecule has 6 aromatic carbocycles. The summed E-state index contributed by atoms with van der Waals surface area (Å²) in [5.41, 5.74) is 10.4. The number of hydrogen-bond donors (Lipinski definition) is 2. The van der Waals surface area contributed by atoms with E-state index >= 15 is 0 Å². The number of carbonyl (C=O) groups is 2. The maximum Gasteiger partial charge on any atom is 0.245 e. The Hall–Kier alpha value is -6.62. The van der Waals surface area contributed by atoms with Crippen molar-refractivity contribution in [2.24, 2.45) is 11.8 Å². The number of imidazole rings is 2. The Morgan fingerprint density at radius 3 is 1.47 bits per heavy atom. The van der Waals surface area contributed by atoms with Crippen LogP contribution in [-0.4, -0.2) is 89.6 Å². The van der Waals surface area contributed by atoms with Crippen LogP contribution in [0.25, 0.3) is 55.1 Å². The van der Waals surface area contributed by atoms with Crippen LogP contribution in [0.3, 0.4) is 0 Å². The summed E-state index contributed by atoms with van der Waals surface area (Å²) in [6.07, 6.45) is 4.05. The number of H-pyrrole nitrogens is 2. The van der Waals surface area contributed by atoms with Gasteiger partial charge in [-0.1, -0.05) is 125 Å². The first-order chi connectivity index (χ1) is 33.3. The largest absolute Gasteiger partial charge is 0.340 e. The highest BCUT2D eigenvalue weighted by atomic mass is 16.2. The van der Waals surface area contributed by atoms with Crippen LogP contribution in [0.15, 0.2) is 133 Å². The minimum Gasteiger partial charge on any atom is -0.340 e. The molecule has 8 aromatic rings. The van der Waals surface area contributed by atoms with E-state index in [2.05, 4.69) is 154 Å². The fourth-order valence-electron chi connectivity index (χ4n) is 12.1. The molecule has 4 fully saturated rings. The Morgan fingerprint density at radius 2 is 0.956 bits per heavy atom. The molecule has 2 aromatic heterocycles. The van der Waals surface area contributed by atoms with E-state index in [1.165, 1.54) is 10.8 Å². The van der Waals surface area contributed by atoms with E-state index in [1.54, 1.807) is 0 Å². The lowest BCUT2D eigenvalue weighted by Gasteiger charge is -2.35. The number of aromatic amines is 2. The molecule has 10 nitrogen and oxygen atoms in total. The lowest BCUT2D eigenvalue weighted by Crippen LogP contribution is -2.44. The number of nitrogens with one attached hydrogen (secondary N) is 2. The Balaban J connectivity index is 0.780. The van der Waals surface area contributed by atoms with Crippen molar-refractivity contribution in [1.29, 1.82) is 0 Å². The molecule has 10 heteroatoms. The molecule has 2 aliphatic carbocycles. The summed E-state index contributed by atoms with van der Waals surface area (Å²) in [5, 5.41) is 2.34. The molecule has 2 aliphatic heterocycles. The summed E-state index contributed by atoms with van der Waals surface area (Å²) in [6, 6.07) is 46.7. The molecule has 0 radical (unpaired) electrons. The van der Waals surface area contributed by atoms with Gasteiger partial charge in [0.05, 0.1) is 34.2 Å². The molecule has 4 heterocycles. The highest BCUT2D eigenvalue weighted by molar-refractivity contribution is 5.93. The van der Waals surface area contributed by atoms with Crippen molar-refractivity contribution < 1.29 is 9.59 Å². The van der Waals surface area contributed by atoms with Gasteiger partial charge < -0.3 is 19.8 Å². The average molecular weight is 901 g/mol. The molecule has 2 saturated carbocycles. The van der Waals surface area contributed by atoms with Gasteiger partial charge in [0.25, 0.3) is 0 Å². The van der Waals surface area contributed by atoms with Gasteiger partial charge in [-0.15, -0.1) is 0 Å². The van der Waals surface area contributed by atoms with Crippen molar-refractivity contribution in [1.82, 2.24) is 39.5 Å².